The van der Waals surface area contributed by atoms with Gasteiger partial charge in [-0.05, 0) is 158 Å². The molecule has 130 heavy (non-hydrogen) atoms. The van der Waals surface area contributed by atoms with Gasteiger partial charge in [-0.2, -0.15) is 30.6 Å². The van der Waals surface area contributed by atoms with Crippen LogP contribution < -0.4 is 21.4 Å². The number of dihydropyridines is 1. The van der Waals surface area contributed by atoms with E-state index in [2.05, 4.69) is 189 Å². The lowest BCUT2D eigenvalue weighted by Gasteiger charge is -2.20. The molecule has 0 aliphatic carbocycles. The molecule has 1 saturated heterocycles. The minimum atomic E-state index is 0.370. The number of hydrogen-bond donors (Lipinski definition) is 5. The number of nitrogens with one attached hydrogen (secondary N) is 5. The summed E-state index contributed by atoms with van der Waals surface area (Å²) in [7, 11) is 0. The van der Waals surface area contributed by atoms with Gasteiger partial charge in [-0.25, -0.2) is 53.9 Å². The number of ether oxygens (including phenoxy) is 1. The van der Waals surface area contributed by atoms with E-state index in [4.69, 9.17) is 4.74 Å². The van der Waals surface area contributed by atoms with E-state index in [1.807, 2.05) is 289 Å². The number of aromatic amines is 1. The maximum absolute atomic E-state index is 5.01. The topological polar surface area (TPSA) is 398 Å². The molecule has 0 saturated carbocycles. The zero-order valence-electron chi connectivity index (χ0n) is 70.5. The maximum atomic E-state index is 5.01. The average molecular weight is 1750 g/mol. The van der Waals surface area contributed by atoms with Crippen molar-refractivity contribution >= 4 is 77.5 Å². The van der Waals surface area contributed by atoms with Crippen molar-refractivity contribution in [2.24, 2.45) is 5.10 Å². The van der Waals surface area contributed by atoms with Crippen LogP contribution in [0.4, 0.5) is 0 Å². The van der Waals surface area contributed by atoms with Crippen molar-refractivity contribution in [3.05, 3.63) is 478 Å². The van der Waals surface area contributed by atoms with Crippen molar-refractivity contribution in [1.82, 2.24) is 160 Å². The molecule has 0 spiro atoms. The molecule has 0 radical (unpaired) electrons. The lowest BCUT2D eigenvalue weighted by atomic mass is 10.2. The number of pyridine rings is 5. The first kappa shape index (κ1) is 95.9. The summed E-state index contributed by atoms with van der Waals surface area (Å²) in [6.07, 6.45) is 70.2. The van der Waals surface area contributed by atoms with Crippen LogP contribution >= 0.6 is 11.3 Å². The van der Waals surface area contributed by atoms with Crippen LogP contribution in [-0.2, 0) is 4.74 Å². The predicted octanol–water partition coefficient (Wildman–Crippen LogP) is 15.0. The van der Waals surface area contributed by atoms with Gasteiger partial charge >= 0.3 is 0 Å². The molecule has 20 aromatic rings. The van der Waals surface area contributed by atoms with Crippen LogP contribution in [-0.4, -0.2) is 178 Å². The number of imidazole rings is 1. The number of morpholine rings is 1. The Labute approximate surface area is 753 Å². The lowest BCUT2D eigenvalue weighted by Crippen LogP contribution is -2.30. The van der Waals surface area contributed by atoms with Crippen molar-refractivity contribution in [1.29, 1.82) is 0 Å². The molecule has 21 heterocycles. The summed E-state index contributed by atoms with van der Waals surface area (Å²) in [4.78, 5) is 62.6. The zero-order chi connectivity index (χ0) is 90.2. The second kappa shape index (κ2) is 63.0. The number of H-pyrrole nitrogens is 1. The van der Waals surface area contributed by atoms with Gasteiger partial charge < -0.3 is 30.6 Å². The number of benzene rings is 4. The summed E-state index contributed by atoms with van der Waals surface area (Å²) in [6.45, 7) is 11.1. The van der Waals surface area contributed by atoms with E-state index in [1.165, 1.54) is 54.2 Å². The number of hydrogen-bond acceptors (Lipinski definition) is 31. The first-order valence-electron chi connectivity index (χ1n) is 39.9. The Morgan fingerprint density at radius 2 is 1.01 bits per heavy atom. The first-order valence-corrected chi connectivity index (χ1v) is 40.7. The van der Waals surface area contributed by atoms with Crippen LogP contribution in [0.2, 0.25) is 0 Å². The number of aromatic nitrogens is 27. The Bertz CT molecular complexity index is 5300. The van der Waals surface area contributed by atoms with Gasteiger partial charge in [0.05, 0.1) is 74.6 Å². The average Bonchev–Trinajstić information content (AvgIpc) is 1.55. The van der Waals surface area contributed by atoms with Gasteiger partial charge in [0.2, 0.25) is 0 Å². The van der Waals surface area contributed by atoms with Crippen molar-refractivity contribution in [3.8, 4) is 0 Å². The van der Waals surface area contributed by atoms with E-state index < -0.39 is 0 Å². The molecule has 1 atom stereocenters. The minimum absolute atomic E-state index is 0.370. The normalized spacial score (nSPS) is 12.2. The van der Waals surface area contributed by atoms with E-state index in [0.717, 1.165) is 87.6 Å². The Kier molecular flexibility index (Phi) is 46.5. The molecule has 650 valence electrons. The third kappa shape index (κ3) is 41.3. The van der Waals surface area contributed by atoms with Crippen LogP contribution in [0.5, 0.6) is 0 Å². The number of nitrogens with zero attached hydrogens (tertiary/aromatic N) is 28. The monoisotopic (exact) mass is 1740 g/mol. The SMILES string of the molecule is C1=CC2NC=CN2C=C1.C1COCCN1.C=C1C=CC=CN1.C=C1C=CC=NN1.c1ccc2[nH]cnc2c1.c1ccc2ncccc2c1.c1ccc2nccnc2c1.c1ccc2scnc2c1.c1ccn2cnnc2c1.c1ccn2nccc2c1.c1ccn2ncnc2c1.c1ccncc1.c1ccnnc1.c1cnccn1.c1cncnc1.c1cnncn1.c1ncncn1. The molecule has 4 aromatic carbocycles. The van der Waals surface area contributed by atoms with Gasteiger partial charge in [-0.1, -0.05) is 110 Å². The molecule has 0 bridgehead atoms. The fourth-order valence-electron chi connectivity index (χ4n) is 9.82. The fourth-order valence-corrected chi connectivity index (χ4v) is 10.5. The van der Waals surface area contributed by atoms with E-state index >= 15 is 0 Å². The number of thiazole rings is 1. The minimum Gasteiger partial charge on any atom is -0.379 e. The van der Waals surface area contributed by atoms with Gasteiger partial charge in [0.15, 0.2) is 11.3 Å². The van der Waals surface area contributed by atoms with Crippen molar-refractivity contribution in [2.75, 3.05) is 26.3 Å². The van der Waals surface area contributed by atoms with Crippen LogP contribution in [0.25, 0.3) is 60.0 Å². The van der Waals surface area contributed by atoms with E-state index in [-0.39, 0.29) is 0 Å². The van der Waals surface area contributed by atoms with Crippen LogP contribution in [0.3, 0.4) is 0 Å². The molecule has 34 nitrogen and oxygen atoms in total. The van der Waals surface area contributed by atoms with Crippen LogP contribution in [0, 0.1) is 0 Å². The number of hydrazone groups is 1. The van der Waals surface area contributed by atoms with E-state index in [0.29, 0.717) is 6.17 Å². The molecule has 16 aromatic heterocycles. The number of para-hydroxylation sites is 6. The van der Waals surface area contributed by atoms with Gasteiger partial charge in [0.25, 0.3) is 0 Å². The summed E-state index contributed by atoms with van der Waals surface area (Å²) in [5.41, 5.74) is 15.4. The number of rotatable bonds is 0. The third-order valence-electron chi connectivity index (χ3n) is 15.7. The quantitative estimate of drug-likeness (QED) is 0.0941. The van der Waals surface area contributed by atoms with E-state index in [9.17, 15) is 0 Å². The summed E-state index contributed by atoms with van der Waals surface area (Å²) in [6, 6.07) is 66.6. The zero-order valence-corrected chi connectivity index (χ0v) is 71.3. The highest BCUT2D eigenvalue weighted by molar-refractivity contribution is 7.16. The van der Waals surface area contributed by atoms with Gasteiger partial charge in [-0.15, -0.1) is 26.6 Å². The summed E-state index contributed by atoms with van der Waals surface area (Å²) in [5.74, 6) is 0. The Hall–Kier alpha value is -18.0. The second-order valence-electron chi connectivity index (χ2n) is 24.9. The summed E-state index contributed by atoms with van der Waals surface area (Å²) < 4.78 is 11.7. The second-order valence-corrected chi connectivity index (χ2v) is 25.8. The van der Waals surface area contributed by atoms with Crippen molar-refractivity contribution < 1.29 is 4.74 Å². The largest absolute Gasteiger partial charge is 0.379 e. The van der Waals surface area contributed by atoms with Gasteiger partial charge in [-0.3, -0.25) is 39.7 Å². The smallest absolute Gasteiger partial charge is 0.160 e. The molecule has 1 fully saturated rings. The number of allylic oxidation sites excluding steroid dienone is 7. The Morgan fingerprint density at radius 1 is 0.392 bits per heavy atom. The standard InChI is InChI=1S/C9H7N.C8H6N2.C7H6N2.C7H8N2.C7H6N2.C7H5NS.2C6H5N3.C6H7N.C5H6N2.C5H5N.3C4H4N2.C4H9NO.2C3H3N3/c1-2-6-9-8(4-1)5-3-7-10-9;1-2-4-8-7(3-1)9-5-6-10-8;1-2-6-9-7(3-1)4-5-8-9;1-2-5-9-6-4-8-7(9)3-1;2*1-2-4-7-6(3-1)8-5-9-7;1-2-4-9-5-7-8-6(9)3-1;1-2-4-9-6(3-1)7-5-8-9;1-6-4-2-3-5-7-6;1-5-3-2-4-6-7-5;1-2-4-6-5-3-1;1-2-6-4-3-5-1;1-2-5-4-6-3-1;1-2-4-6-5-3-1;1-3-6-4-2-5-1;1-4-2-6-3-5-1;1-2-5-6-3-4-1/h1-7H;1-6H;1-6H;1-8H;1-5H,(H,8,9);3*1-5H;2-5,7H,1H2;2-4,7H,1H2;1-5H;3*1-4H;5H,1-4H2;2*1-3H. The molecule has 35 heteroatoms. The van der Waals surface area contributed by atoms with Gasteiger partial charge in [0, 0.05) is 172 Å². The van der Waals surface area contributed by atoms with Crippen LogP contribution in [0.15, 0.2) is 483 Å². The maximum Gasteiger partial charge on any atom is 0.160 e. The lowest BCUT2D eigenvalue weighted by molar-refractivity contribution is 0.109. The van der Waals surface area contributed by atoms with Crippen molar-refractivity contribution in [2.45, 2.75) is 6.17 Å². The van der Waals surface area contributed by atoms with Crippen molar-refractivity contribution in [3.63, 3.8) is 0 Å². The molecule has 0 amide bonds. The third-order valence-corrected chi connectivity index (χ3v) is 16.5. The van der Waals surface area contributed by atoms with Crippen LogP contribution in [0.1, 0.15) is 0 Å². The highest BCUT2D eigenvalue weighted by Gasteiger charge is 2.13. The first-order chi connectivity index (χ1) is 64.5. The van der Waals surface area contributed by atoms with E-state index in [1.54, 1.807) is 128 Å². The molecule has 5 aliphatic rings. The predicted molar refractivity (Wildman–Crippen MR) is 508 cm³/mol. The molecule has 5 aliphatic heterocycles. The molecule has 5 N–H and O–H groups in total. The summed E-state index contributed by atoms with van der Waals surface area (Å²) in [5, 5.41) is 43.6. The molecule has 1 unspecified atom stereocenters. The Balaban J connectivity index is 0.000000156. The molecular weight excluding hydrogens is 1650 g/mol. The summed E-state index contributed by atoms with van der Waals surface area (Å²) >= 11 is 1.68. The number of fused-ring (bicyclic) bond motifs is 8. The fraction of sp³-hybridized carbons (Fsp3) is 0.0526. The van der Waals surface area contributed by atoms with Gasteiger partial charge in [0.1, 0.15) is 50.5 Å². The Morgan fingerprint density at radius 3 is 1.53 bits per heavy atom. The molecule has 25 rings (SSSR count). The highest BCUT2D eigenvalue weighted by atomic mass is 32.1. The molecular formula is C95H93N33OS. The highest BCUT2D eigenvalue weighted by Crippen LogP contribution is 2.16.